The second-order valence-corrected chi connectivity index (χ2v) is 10.7. The molecule has 1 aliphatic heterocycles. The highest BCUT2D eigenvalue weighted by atomic mass is 16.3. The fourth-order valence-electron chi connectivity index (χ4n) is 6.23. The average molecular weight is 425 g/mol. The molecule has 30 heavy (non-hydrogen) atoms. The Bertz CT molecular complexity index is 402. The third kappa shape index (κ3) is 7.42. The van der Waals surface area contributed by atoms with Crippen LogP contribution in [0.3, 0.4) is 0 Å². The summed E-state index contributed by atoms with van der Waals surface area (Å²) in [4.78, 5) is 0. The Morgan fingerprint density at radius 1 is 0.500 bits per heavy atom. The largest absolute Gasteiger partial charge is 0.392 e. The third-order valence-corrected chi connectivity index (χ3v) is 7.79. The van der Waals surface area contributed by atoms with E-state index >= 15 is 0 Å². The molecule has 4 unspecified atom stereocenters. The predicted octanol–water partition coefficient (Wildman–Crippen LogP) is 1.19. The monoisotopic (exact) mass is 424 g/mol. The molecule has 0 aromatic heterocycles. The molecule has 1 heterocycles. The van der Waals surface area contributed by atoms with Crippen molar-refractivity contribution in [1.82, 2.24) is 21.3 Å². The van der Waals surface area contributed by atoms with Crippen molar-refractivity contribution in [2.75, 3.05) is 52.4 Å². The van der Waals surface area contributed by atoms with Gasteiger partial charge in [0.25, 0.3) is 0 Å². The molecule has 0 radical (unpaired) electrons. The van der Waals surface area contributed by atoms with Crippen LogP contribution in [0.2, 0.25) is 0 Å². The minimum absolute atomic E-state index is 0.189. The minimum Gasteiger partial charge on any atom is -0.392 e. The molecule has 6 heteroatoms. The van der Waals surface area contributed by atoms with Crippen LogP contribution in [-0.4, -0.2) is 74.8 Å². The first-order chi connectivity index (χ1) is 14.5. The lowest BCUT2D eigenvalue weighted by Crippen LogP contribution is -2.46. The van der Waals surface area contributed by atoms with Gasteiger partial charge in [-0.1, -0.05) is 13.8 Å². The summed E-state index contributed by atoms with van der Waals surface area (Å²) in [7, 11) is 0. The quantitative estimate of drug-likeness (QED) is 0.350. The van der Waals surface area contributed by atoms with Crippen LogP contribution in [0.15, 0.2) is 0 Å². The highest BCUT2D eigenvalue weighted by Crippen LogP contribution is 2.34. The molecule has 3 aliphatic rings. The molecule has 4 bridgehead atoms. The van der Waals surface area contributed by atoms with Crippen molar-refractivity contribution in [2.45, 2.75) is 64.6 Å². The normalized spacial score (nSPS) is 43.6. The van der Waals surface area contributed by atoms with Crippen molar-refractivity contribution >= 4 is 0 Å². The van der Waals surface area contributed by atoms with Gasteiger partial charge in [0.15, 0.2) is 0 Å². The lowest BCUT2D eigenvalue weighted by atomic mass is 9.73. The Hall–Kier alpha value is -0.240. The van der Waals surface area contributed by atoms with Gasteiger partial charge in [0.1, 0.15) is 0 Å². The van der Waals surface area contributed by atoms with Gasteiger partial charge in [-0.3, -0.25) is 0 Å². The van der Waals surface area contributed by atoms with Gasteiger partial charge >= 0.3 is 0 Å². The summed E-state index contributed by atoms with van der Waals surface area (Å²) in [5, 5.41) is 36.1. The second kappa shape index (κ2) is 12.7. The van der Waals surface area contributed by atoms with E-state index in [4.69, 9.17) is 0 Å². The van der Waals surface area contributed by atoms with E-state index in [1.54, 1.807) is 0 Å². The van der Waals surface area contributed by atoms with E-state index in [0.717, 1.165) is 90.9 Å². The molecule has 2 saturated carbocycles. The van der Waals surface area contributed by atoms with Gasteiger partial charge < -0.3 is 31.5 Å². The topological polar surface area (TPSA) is 88.6 Å². The zero-order chi connectivity index (χ0) is 21.3. The second-order valence-electron chi connectivity index (χ2n) is 10.7. The number of hydrogen-bond donors (Lipinski definition) is 6. The fraction of sp³-hybridized carbons (Fsp3) is 1.00. The van der Waals surface area contributed by atoms with Crippen molar-refractivity contribution in [3.63, 3.8) is 0 Å². The van der Waals surface area contributed by atoms with E-state index in [1.165, 1.54) is 0 Å². The molecule has 0 amide bonds. The molecule has 3 rings (SSSR count). The Morgan fingerprint density at radius 3 is 1.03 bits per heavy atom. The van der Waals surface area contributed by atoms with Crippen LogP contribution < -0.4 is 21.3 Å². The molecule has 6 nitrogen and oxygen atoms in total. The number of rotatable bonds is 0. The summed E-state index contributed by atoms with van der Waals surface area (Å²) in [6.07, 6.45) is 6.32. The predicted molar refractivity (Wildman–Crippen MR) is 123 cm³/mol. The molecule has 4 atom stereocenters. The van der Waals surface area contributed by atoms with Crippen LogP contribution in [0, 0.1) is 35.5 Å². The maximum atomic E-state index is 10.9. The lowest BCUT2D eigenvalue weighted by Gasteiger charge is -2.39. The Kier molecular flexibility index (Phi) is 10.3. The van der Waals surface area contributed by atoms with Crippen LogP contribution in [0.4, 0.5) is 0 Å². The van der Waals surface area contributed by atoms with Crippen molar-refractivity contribution in [3.8, 4) is 0 Å². The number of fused-ring (bicyclic) bond motifs is 4. The number of nitrogens with one attached hydrogen (secondary N) is 4. The number of aliphatic hydroxyl groups excluding tert-OH is 2. The lowest BCUT2D eigenvalue weighted by molar-refractivity contribution is -0.000828. The Labute approximate surface area is 184 Å². The molecule has 0 spiro atoms. The van der Waals surface area contributed by atoms with E-state index in [2.05, 4.69) is 35.1 Å². The Balaban J connectivity index is 1.51. The summed E-state index contributed by atoms with van der Waals surface area (Å²) in [5.74, 6) is 2.88. The summed E-state index contributed by atoms with van der Waals surface area (Å²) >= 11 is 0. The smallest absolute Gasteiger partial charge is 0.0620 e. The molecule has 3 fully saturated rings. The molecule has 1 saturated heterocycles. The van der Waals surface area contributed by atoms with Crippen molar-refractivity contribution in [3.05, 3.63) is 0 Å². The first-order valence-corrected chi connectivity index (χ1v) is 12.7. The molecule has 2 aliphatic carbocycles. The van der Waals surface area contributed by atoms with Crippen LogP contribution in [-0.2, 0) is 0 Å². The molecule has 176 valence electrons. The van der Waals surface area contributed by atoms with Crippen LogP contribution >= 0.6 is 0 Å². The summed E-state index contributed by atoms with van der Waals surface area (Å²) in [6.45, 7) is 12.3. The van der Waals surface area contributed by atoms with Gasteiger partial charge in [-0.25, -0.2) is 0 Å². The fourth-order valence-corrected chi connectivity index (χ4v) is 6.23. The summed E-state index contributed by atoms with van der Waals surface area (Å²) in [5.41, 5.74) is 0. The highest BCUT2D eigenvalue weighted by molar-refractivity contribution is 4.88. The van der Waals surface area contributed by atoms with Crippen LogP contribution in [0.5, 0.6) is 0 Å². The maximum absolute atomic E-state index is 10.9. The summed E-state index contributed by atoms with van der Waals surface area (Å²) < 4.78 is 0. The van der Waals surface area contributed by atoms with E-state index in [1.807, 2.05) is 0 Å². The van der Waals surface area contributed by atoms with Crippen LogP contribution in [0.25, 0.3) is 0 Å². The molecular weight excluding hydrogens is 376 g/mol. The van der Waals surface area contributed by atoms with E-state index in [0.29, 0.717) is 35.5 Å². The first-order valence-electron chi connectivity index (χ1n) is 12.7. The summed E-state index contributed by atoms with van der Waals surface area (Å²) in [6, 6.07) is 0. The SMILES string of the molecule is CC1CC2CNCCCNCC3CC(C)CC(CNCCCNCC(C1)C2O)C3O. The zero-order valence-electron chi connectivity index (χ0n) is 19.4. The standard InChI is InChI=1S/C24H48N4O2/c1-17-9-19-13-25-5-3-7-27-15-21-11-18(2)12-22(24(21)30)16-28-8-4-6-26-14-20(10-17)23(19)29/h17-30H,3-16H2,1-2H3. The van der Waals surface area contributed by atoms with Gasteiger partial charge in [-0.15, -0.1) is 0 Å². The molecule has 0 aromatic rings. The molecular formula is C24H48N4O2. The average Bonchev–Trinajstić information content (AvgIpc) is 2.71. The zero-order valence-corrected chi connectivity index (χ0v) is 19.4. The van der Waals surface area contributed by atoms with E-state index in [9.17, 15) is 10.2 Å². The van der Waals surface area contributed by atoms with Crippen LogP contribution in [0.1, 0.15) is 52.4 Å². The van der Waals surface area contributed by atoms with Crippen molar-refractivity contribution in [1.29, 1.82) is 0 Å². The first kappa shape index (κ1) is 24.4. The number of hydrogen-bond acceptors (Lipinski definition) is 6. The minimum atomic E-state index is -0.189. The molecule has 0 aromatic carbocycles. The van der Waals surface area contributed by atoms with Gasteiger partial charge in [-0.05, 0) is 100 Å². The highest BCUT2D eigenvalue weighted by Gasteiger charge is 2.35. The number of aliphatic hydroxyl groups is 2. The van der Waals surface area contributed by atoms with Gasteiger partial charge in [0, 0.05) is 26.2 Å². The van der Waals surface area contributed by atoms with Gasteiger partial charge in [-0.2, -0.15) is 0 Å². The Morgan fingerprint density at radius 2 is 0.767 bits per heavy atom. The third-order valence-electron chi connectivity index (χ3n) is 7.79. The van der Waals surface area contributed by atoms with Crippen molar-refractivity contribution < 1.29 is 10.2 Å². The van der Waals surface area contributed by atoms with Crippen molar-refractivity contribution in [2.24, 2.45) is 35.5 Å². The van der Waals surface area contributed by atoms with Gasteiger partial charge in [0.2, 0.25) is 0 Å². The van der Waals surface area contributed by atoms with E-state index < -0.39 is 0 Å². The maximum Gasteiger partial charge on any atom is 0.0620 e. The molecule has 6 N–H and O–H groups in total. The van der Waals surface area contributed by atoms with E-state index in [-0.39, 0.29) is 12.2 Å². The van der Waals surface area contributed by atoms with Gasteiger partial charge in [0.05, 0.1) is 12.2 Å².